The van der Waals surface area contributed by atoms with Gasteiger partial charge in [-0.25, -0.2) is 4.39 Å². The molecule has 4 heteroatoms. The van der Waals surface area contributed by atoms with Crippen LogP contribution in [0.5, 0.6) is 0 Å². The Bertz CT molecular complexity index is 470. The molecule has 19 heavy (non-hydrogen) atoms. The first-order valence-corrected chi connectivity index (χ1v) is 6.48. The highest BCUT2D eigenvalue weighted by atomic mass is 19.1. The van der Waals surface area contributed by atoms with Gasteiger partial charge in [-0.1, -0.05) is 12.1 Å². The molecule has 0 radical (unpaired) electrons. The maximum atomic E-state index is 13.0. The van der Waals surface area contributed by atoms with Gasteiger partial charge in [0.1, 0.15) is 11.4 Å². The van der Waals surface area contributed by atoms with E-state index in [1.165, 1.54) is 12.1 Å². The first kappa shape index (κ1) is 14.0. The smallest absolute Gasteiger partial charge is 0.317 e. The fourth-order valence-corrected chi connectivity index (χ4v) is 2.50. The summed E-state index contributed by atoms with van der Waals surface area (Å²) in [7, 11) is 0. The van der Waals surface area contributed by atoms with Gasteiger partial charge in [-0.3, -0.25) is 4.79 Å². The minimum absolute atomic E-state index is 0.00225. The van der Waals surface area contributed by atoms with Crippen molar-refractivity contribution < 1.29 is 13.9 Å². The van der Waals surface area contributed by atoms with Gasteiger partial charge in [0.25, 0.3) is 0 Å². The lowest BCUT2D eigenvalue weighted by Crippen LogP contribution is -2.55. The number of nitrogens with two attached hydrogens (primary N) is 1. The van der Waals surface area contributed by atoms with Gasteiger partial charge in [0, 0.05) is 6.04 Å². The fourth-order valence-electron chi connectivity index (χ4n) is 2.50. The minimum Gasteiger partial charge on any atom is -0.459 e. The fraction of sp³-hybridized carbons (Fsp3) is 0.533. The second kappa shape index (κ2) is 4.60. The molecular weight excluding hydrogens is 245 g/mol. The predicted molar refractivity (Wildman–Crippen MR) is 71.1 cm³/mol. The van der Waals surface area contributed by atoms with Crippen molar-refractivity contribution in [2.75, 3.05) is 0 Å². The van der Waals surface area contributed by atoms with Gasteiger partial charge < -0.3 is 10.5 Å². The third-order valence-corrected chi connectivity index (χ3v) is 3.41. The molecule has 0 saturated heterocycles. The normalized spacial score (nSPS) is 26.7. The summed E-state index contributed by atoms with van der Waals surface area (Å²) in [6, 6.07) is 6.02. The summed E-state index contributed by atoms with van der Waals surface area (Å²) in [4.78, 5) is 12.4. The quantitative estimate of drug-likeness (QED) is 0.836. The van der Waals surface area contributed by atoms with Crippen LogP contribution in [-0.4, -0.2) is 17.6 Å². The molecule has 3 nitrogen and oxygen atoms in total. The Balaban J connectivity index is 2.28. The van der Waals surface area contributed by atoms with Crippen molar-refractivity contribution in [1.82, 2.24) is 0 Å². The summed E-state index contributed by atoms with van der Waals surface area (Å²) in [5.41, 5.74) is 5.38. The Hall–Kier alpha value is -1.42. The number of carbonyl (C=O) groups excluding carboxylic acids is 1. The van der Waals surface area contributed by atoms with Crippen LogP contribution in [0.4, 0.5) is 4.39 Å². The number of benzene rings is 1. The van der Waals surface area contributed by atoms with Crippen molar-refractivity contribution in [3.63, 3.8) is 0 Å². The Morgan fingerprint density at radius 2 is 1.84 bits per heavy atom. The number of hydrogen-bond acceptors (Lipinski definition) is 3. The molecule has 1 saturated carbocycles. The molecule has 0 aromatic heterocycles. The van der Waals surface area contributed by atoms with Crippen LogP contribution in [0.1, 0.15) is 39.2 Å². The van der Waals surface area contributed by atoms with Gasteiger partial charge in [0.2, 0.25) is 0 Å². The molecule has 1 fully saturated rings. The van der Waals surface area contributed by atoms with Gasteiger partial charge >= 0.3 is 5.97 Å². The summed E-state index contributed by atoms with van der Waals surface area (Å²) in [5.74, 6) is -0.583. The number of carbonyl (C=O) groups is 1. The molecule has 1 aromatic carbocycles. The van der Waals surface area contributed by atoms with E-state index in [-0.39, 0.29) is 17.8 Å². The molecule has 0 unspecified atom stereocenters. The third-order valence-electron chi connectivity index (χ3n) is 3.41. The molecule has 2 rings (SSSR count). The number of hydrogen-bond donors (Lipinski definition) is 1. The second-order valence-electron chi connectivity index (χ2n) is 6.26. The van der Waals surface area contributed by atoms with E-state index < -0.39 is 11.0 Å². The van der Waals surface area contributed by atoms with Crippen molar-refractivity contribution in [1.29, 1.82) is 0 Å². The van der Waals surface area contributed by atoms with Crippen LogP contribution < -0.4 is 5.73 Å². The molecule has 0 bridgehead atoms. The number of rotatable bonds is 2. The first-order valence-electron chi connectivity index (χ1n) is 6.48. The minimum atomic E-state index is -0.708. The molecule has 0 heterocycles. The van der Waals surface area contributed by atoms with E-state index in [9.17, 15) is 9.18 Å². The van der Waals surface area contributed by atoms with Crippen molar-refractivity contribution in [3.8, 4) is 0 Å². The summed E-state index contributed by atoms with van der Waals surface area (Å²) < 4.78 is 18.5. The standard InChI is InChI=1S/C15H20FNO2/c1-14(2,3)19-13(18)15(8-12(17)9-15)10-4-6-11(16)7-5-10/h4-7,12H,8-9,17H2,1-3H3. The zero-order valence-electron chi connectivity index (χ0n) is 11.6. The summed E-state index contributed by atoms with van der Waals surface area (Å²) in [6.45, 7) is 5.51. The highest BCUT2D eigenvalue weighted by molar-refractivity contribution is 5.85. The Kier molecular flexibility index (Phi) is 3.39. The monoisotopic (exact) mass is 265 g/mol. The molecule has 0 aliphatic heterocycles. The molecule has 1 aliphatic carbocycles. The van der Waals surface area contributed by atoms with Crippen LogP contribution in [0.2, 0.25) is 0 Å². The lowest BCUT2D eigenvalue weighted by atomic mass is 9.62. The molecule has 104 valence electrons. The molecule has 1 aromatic rings. The van der Waals surface area contributed by atoms with Crippen molar-refractivity contribution in [2.45, 2.75) is 50.7 Å². The zero-order valence-corrected chi connectivity index (χ0v) is 11.6. The van der Waals surface area contributed by atoms with E-state index in [0.29, 0.717) is 12.8 Å². The SMILES string of the molecule is CC(C)(C)OC(=O)C1(c2ccc(F)cc2)CC(N)C1. The molecule has 0 atom stereocenters. The third kappa shape index (κ3) is 2.78. The van der Waals surface area contributed by atoms with E-state index in [0.717, 1.165) is 5.56 Å². The van der Waals surface area contributed by atoms with Crippen LogP contribution in [0, 0.1) is 5.82 Å². The Morgan fingerprint density at radius 1 is 1.32 bits per heavy atom. The van der Waals surface area contributed by atoms with Gasteiger partial charge in [0.15, 0.2) is 0 Å². The van der Waals surface area contributed by atoms with Gasteiger partial charge in [0.05, 0.1) is 5.41 Å². The first-order chi connectivity index (χ1) is 8.73. The Morgan fingerprint density at radius 3 is 2.26 bits per heavy atom. The lowest BCUT2D eigenvalue weighted by Gasteiger charge is -2.45. The van der Waals surface area contributed by atoms with Crippen molar-refractivity contribution in [2.24, 2.45) is 5.73 Å². The largest absolute Gasteiger partial charge is 0.459 e. The van der Waals surface area contributed by atoms with Crippen molar-refractivity contribution >= 4 is 5.97 Å². The van der Waals surface area contributed by atoms with Crippen LogP contribution in [0.15, 0.2) is 24.3 Å². The van der Waals surface area contributed by atoms with Crippen molar-refractivity contribution in [3.05, 3.63) is 35.6 Å². The average Bonchev–Trinajstić information content (AvgIpc) is 2.23. The maximum absolute atomic E-state index is 13.0. The van der Waals surface area contributed by atoms with E-state index in [1.54, 1.807) is 12.1 Å². The Labute approximate surface area is 112 Å². The van der Waals surface area contributed by atoms with E-state index in [2.05, 4.69) is 0 Å². The molecule has 1 aliphatic rings. The van der Waals surface area contributed by atoms with Crippen LogP contribution in [-0.2, 0) is 14.9 Å². The predicted octanol–water partition coefficient (Wildman–Crippen LogP) is 2.53. The molecule has 0 spiro atoms. The zero-order chi connectivity index (χ0) is 14.3. The number of esters is 1. The highest BCUT2D eigenvalue weighted by Crippen LogP contribution is 2.44. The lowest BCUT2D eigenvalue weighted by molar-refractivity contribution is -0.166. The highest BCUT2D eigenvalue weighted by Gasteiger charge is 2.52. The summed E-state index contributed by atoms with van der Waals surface area (Å²) >= 11 is 0. The van der Waals surface area contributed by atoms with Crippen LogP contribution >= 0.6 is 0 Å². The molecule has 0 amide bonds. The molecule has 2 N–H and O–H groups in total. The molecular formula is C15H20FNO2. The average molecular weight is 265 g/mol. The van der Waals surface area contributed by atoms with Crippen LogP contribution in [0.3, 0.4) is 0 Å². The summed E-state index contributed by atoms with van der Waals surface area (Å²) in [6.07, 6.45) is 1.10. The maximum Gasteiger partial charge on any atom is 0.317 e. The van der Waals surface area contributed by atoms with E-state index >= 15 is 0 Å². The van der Waals surface area contributed by atoms with E-state index in [1.807, 2.05) is 20.8 Å². The van der Waals surface area contributed by atoms with Crippen LogP contribution in [0.25, 0.3) is 0 Å². The van der Waals surface area contributed by atoms with Gasteiger partial charge in [-0.15, -0.1) is 0 Å². The van der Waals surface area contributed by atoms with E-state index in [4.69, 9.17) is 10.5 Å². The number of halogens is 1. The topological polar surface area (TPSA) is 52.3 Å². The van der Waals surface area contributed by atoms with Gasteiger partial charge in [-0.05, 0) is 51.3 Å². The second-order valence-corrected chi connectivity index (χ2v) is 6.26. The van der Waals surface area contributed by atoms with Gasteiger partial charge in [-0.2, -0.15) is 0 Å². The number of ether oxygens (including phenoxy) is 1. The summed E-state index contributed by atoms with van der Waals surface area (Å²) in [5, 5.41) is 0.